The van der Waals surface area contributed by atoms with Crippen LogP contribution in [0.1, 0.15) is 43.5 Å². The van der Waals surface area contributed by atoms with Crippen LogP contribution in [0.25, 0.3) is 22.3 Å². The zero-order valence-electron chi connectivity index (χ0n) is 23.1. The predicted molar refractivity (Wildman–Crippen MR) is 149 cm³/mol. The number of likely N-dealkylation sites (tertiary alicyclic amines) is 1. The molecule has 4 heterocycles. The van der Waals surface area contributed by atoms with Crippen LogP contribution in [-0.2, 0) is 16.9 Å². The maximum absolute atomic E-state index is 16.3. The minimum absolute atomic E-state index is 0.152. The number of rotatable bonds is 5. The van der Waals surface area contributed by atoms with Crippen molar-refractivity contribution in [3.8, 4) is 11.4 Å². The SMILES string of the molecule is Cc1nc2ccc([C@@]3(O)CCN(Cc4ccc(-c5ncon5)cc4)CC3(C)C)c(F)c2cc1N1CCC(=O)NC1=O. The van der Waals surface area contributed by atoms with Gasteiger partial charge in [0.05, 0.1) is 22.5 Å². The van der Waals surface area contributed by atoms with Crippen LogP contribution >= 0.6 is 0 Å². The third kappa shape index (κ3) is 4.74. The first kappa shape index (κ1) is 27.0. The number of pyridine rings is 1. The van der Waals surface area contributed by atoms with E-state index in [4.69, 9.17) is 4.52 Å². The Morgan fingerprint density at radius 2 is 1.90 bits per heavy atom. The van der Waals surface area contributed by atoms with Gasteiger partial charge < -0.3 is 9.63 Å². The first-order valence-electron chi connectivity index (χ1n) is 13.6. The lowest BCUT2D eigenvalue weighted by atomic mass is 9.66. The van der Waals surface area contributed by atoms with Crippen molar-refractivity contribution in [3.63, 3.8) is 0 Å². The smallest absolute Gasteiger partial charge is 0.328 e. The van der Waals surface area contributed by atoms with E-state index in [1.807, 2.05) is 38.1 Å². The molecule has 0 radical (unpaired) electrons. The molecule has 2 aromatic carbocycles. The van der Waals surface area contributed by atoms with Gasteiger partial charge in [0, 0.05) is 54.5 Å². The highest BCUT2D eigenvalue weighted by Crippen LogP contribution is 2.48. The second-order valence-corrected chi connectivity index (χ2v) is 11.5. The second kappa shape index (κ2) is 10.0. The first-order valence-corrected chi connectivity index (χ1v) is 13.6. The fraction of sp³-hybridized carbons (Fsp3) is 0.367. The minimum Gasteiger partial charge on any atom is -0.384 e. The van der Waals surface area contributed by atoms with Gasteiger partial charge in [-0.05, 0) is 31.0 Å². The van der Waals surface area contributed by atoms with E-state index in [9.17, 15) is 14.7 Å². The van der Waals surface area contributed by atoms with Crippen LogP contribution in [0, 0.1) is 18.2 Å². The standard InChI is InChI=1S/C30H31FN6O4/c1-18-24(37-12-10-25(38)34-28(37)39)14-21-23(33-18)9-8-22(26(21)31)30(40)11-13-36(16-29(30,2)3)15-19-4-6-20(7-5-19)27-32-17-41-35-27/h4-9,14,17,40H,10-13,15-16H2,1-3H3,(H,34,38,39)/t30-/m0/s1. The number of imide groups is 1. The molecule has 0 bridgehead atoms. The molecule has 4 aromatic rings. The Bertz CT molecular complexity index is 1640. The maximum atomic E-state index is 16.3. The number of hydrogen-bond donors (Lipinski definition) is 2. The molecule has 0 aliphatic carbocycles. The molecule has 0 unspecified atom stereocenters. The zero-order chi connectivity index (χ0) is 28.9. The summed E-state index contributed by atoms with van der Waals surface area (Å²) in [5.74, 6) is -0.362. The number of benzene rings is 2. The number of anilines is 1. The summed E-state index contributed by atoms with van der Waals surface area (Å²) in [6.45, 7) is 7.64. The number of aromatic nitrogens is 3. The molecule has 2 aromatic heterocycles. The van der Waals surface area contributed by atoms with Crippen molar-refractivity contribution < 1.29 is 23.6 Å². The number of aryl methyl sites for hydroxylation is 1. The predicted octanol–water partition coefficient (Wildman–Crippen LogP) is 4.30. The molecule has 41 heavy (non-hydrogen) atoms. The summed E-state index contributed by atoms with van der Waals surface area (Å²) >= 11 is 0. The van der Waals surface area contributed by atoms with Crippen molar-refractivity contribution in [2.75, 3.05) is 24.5 Å². The highest BCUT2D eigenvalue weighted by Gasteiger charge is 2.50. The molecular weight excluding hydrogens is 527 g/mol. The van der Waals surface area contributed by atoms with Crippen molar-refractivity contribution in [1.82, 2.24) is 25.3 Å². The van der Waals surface area contributed by atoms with Crippen LogP contribution in [0.5, 0.6) is 0 Å². The van der Waals surface area contributed by atoms with Crippen molar-refractivity contribution in [1.29, 1.82) is 0 Å². The molecule has 2 N–H and O–H groups in total. The molecule has 0 saturated carbocycles. The van der Waals surface area contributed by atoms with E-state index in [2.05, 4.69) is 25.3 Å². The van der Waals surface area contributed by atoms with Gasteiger partial charge in [-0.3, -0.25) is 24.9 Å². The van der Waals surface area contributed by atoms with Gasteiger partial charge in [-0.1, -0.05) is 49.3 Å². The van der Waals surface area contributed by atoms with E-state index in [1.165, 1.54) is 11.3 Å². The Hall–Kier alpha value is -4.22. The number of fused-ring (bicyclic) bond motifs is 1. The molecule has 3 amide bonds. The fourth-order valence-electron chi connectivity index (χ4n) is 6.06. The summed E-state index contributed by atoms with van der Waals surface area (Å²) in [6, 6.07) is 12.3. The van der Waals surface area contributed by atoms with Crippen molar-refractivity contribution in [2.24, 2.45) is 5.41 Å². The summed E-state index contributed by atoms with van der Waals surface area (Å²) in [4.78, 5) is 36.4. The van der Waals surface area contributed by atoms with Crippen LogP contribution in [0.3, 0.4) is 0 Å². The van der Waals surface area contributed by atoms with E-state index in [1.54, 1.807) is 25.1 Å². The van der Waals surface area contributed by atoms with E-state index < -0.39 is 22.9 Å². The summed E-state index contributed by atoms with van der Waals surface area (Å²) < 4.78 is 21.1. The van der Waals surface area contributed by atoms with Gasteiger partial charge in [0.25, 0.3) is 0 Å². The lowest BCUT2D eigenvalue weighted by Gasteiger charge is -2.50. The molecule has 2 fully saturated rings. The van der Waals surface area contributed by atoms with E-state index in [0.717, 1.165) is 11.1 Å². The normalized spacial score (nSPS) is 21.3. The van der Waals surface area contributed by atoms with Crippen LogP contribution in [0.2, 0.25) is 0 Å². The lowest BCUT2D eigenvalue weighted by molar-refractivity contribution is -0.128. The monoisotopic (exact) mass is 558 g/mol. The lowest BCUT2D eigenvalue weighted by Crippen LogP contribution is -2.55. The Kier molecular flexibility index (Phi) is 6.58. The Labute approximate surface area is 236 Å². The topological polar surface area (TPSA) is 125 Å². The molecular formula is C30H31FN6O4. The van der Waals surface area contributed by atoms with Crippen LogP contribution in [0.4, 0.5) is 14.9 Å². The van der Waals surface area contributed by atoms with E-state index in [-0.39, 0.29) is 29.8 Å². The summed E-state index contributed by atoms with van der Waals surface area (Å²) in [5, 5.41) is 18.5. The molecule has 2 aliphatic heterocycles. The molecule has 10 nitrogen and oxygen atoms in total. The molecule has 2 aliphatic rings. The van der Waals surface area contributed by atoms with Gasteiger partial charge in [0.1, 0.15) is 5.82 Å². The van der Waals surface area contributed by atoms with Crippen molar-refractivity contribution in [2.45, 2.75) is 45.8 Å². The summed E-state index contributed by atoms with van der Waals surface area (Å²) in [5.41, 5.74) is 1.50. The number of halogens is 1. The first-order chi connectivity index (χ1) is 19.6. The summed E-state index contributed by atoms with van der Waals surface area (Å²) in [7, 11) is 0. The molecule has 1 atom stereocenters. The number of nitrogens with zero attached hydrogens (tertiary/aromatic N) is 5. The van der Waals surface area contributed by atoms with Crippen LogP contribution in [-0.4, -0.2) is 56.7 Å². The number of carbonyl (C=O) groups excluding carboxylic acids is 2. The van der Waals surface area contributed by atoms with Gasteiger partial charge in [0.2, 0.25) is 18.1 Å². The molecule has 6 rings (SSSR count). The number of urea groups is 1. The quantitative estimate of drug-likeness (QED) is 0.372. The van der Waals surface area contributed by atoms with Crippen LogP contribution < -0.4 is 10.2 Å². The van der Waals surface area contributed by atoms with Gasteiger partial charge >= 0.3 is 6.03 Å². The Morgan fingerprint density at radius 3 is 2.59 bits per heavy atom. The van der Waals surface area contributed by atoms with Crippen molar-refractivity contribution in [3.05, 3.63) is 71.5 Å². The minimum atomic E-state index is -1.43. The second-order valence-electron chi connectivity index (χ2n) is 11.5. The van der Waals surface area contributed by atoms with Crippen molar-refractivity contribution >= 4 is 28.5 Å². The van der Waals surface area contributed by atoms with Gasteiger partial charge in [-0.15, -0.1) is 0 Å². The fourth-order valence-corrected chi connectivity index (χ4v) is 6.06. The highest BCUT2D eigenvalue weighted by atomic mass is 19.1. The van der Waals surface area contributed by atoms with Crippen LogP contribution in [0.15, 0.2) is 53.4 Å². The van der Waals surface area contributed by atoms with Gasteiger partial charge in [-0.2, -0.15) is 4.98 Å². The molecule has 2 saturated heterocycles. The number of piperidine rings is 1. The van der Waals surface area contributed by atoms with E-state index in [0.29, 0.717) is 48.8 Å². The Morgan fingerprint density at radius 1 is 1.12 bits per heavy atom. The molecule has 212 valence electrons. The average Bonchev–Trinajstić information content (AvgIpc) is 3.47. The number of hydrogen-bond acceptors (Lipinski definition) is 8. The zero-order valence-corrected chi connectivity index (χ0v) is 23.1. The molecule has 0 spiro atoms. The third-order valence-electron chi connectivity index (χ3n) is 8.39. The Balaban J connectivity index is 1.26. The number of nitrogens with one attached hydrogen (secondary N) is 1. The summed E-state index contributed by atoms with van der Waals surface area (Å²) in [6.07, 6.45) is 1.79. The largest absolute Gasteiger partial charge is 0.384 e. The van der Waals surface area contributed by atoms with Gasteiger partial charge in [0.15, 0.2) is 0 Å². The molecule has 11 heteroatoms. The number of amides is 3. The number of carbonyl (C=O) groups is 2. The highest BCUT2D eigenvalue weighted by molar-refractivity contribution is 6.06. The third-order valence-corrected chi connectivity index (χ3v) is 8.39. The van der Waals surface area contributed by atoms with Gasteiger partial charge in [-0.25, -0.2) is 9.18 Å². The van der Waals surface area contributed by atoms with E-state index >= 15 is 4.39 Å². The average molecular weight is 559 g/mol. The number of aliphatic hydroxyl groups is 1. The maximum Gasteiger partial charge on any atom is 0.328 e.